The van der Waals surface area contributed by atoms with Crippen molar-refractivity contribution in [2.45, 2.75) is 63.8 Å². The third-order valence-electron chi connectivity index (χ3n) is 6.52. The van der Waals surface area contributed by atoms with E-state index in [2.05, 4.69) is 21.3 Å². The molecule has 5 atom stereocenters. The van der Waals surface area contributed by atoms with E-state index >= 15 is 0 Å². The molecule has 1 rings (SSSR count). The van der Waals surface area contributed by atoms with Gasteiger partial charge < -0.3 is 46.0 Å². The van der Waals surface area contributed by atoms with Gasteiger partial charge in [0.25, 0.3) is 0 Å². The molecule has 15 heteroatoms. The molecule has 0 radical (unpaired) electrons. The molecule has 1 aliphatic heterocycles. The van der Waals surface area contributed by atoms with Crippen LogP contribution in [-0.2, 0) is 28.8 Å². The van der Waals surface area contributed by atoms with Crippen molar-refractivity contribution < 1.29 is 48.6 Å². The lowest BCUT2D eigenvalue weighted by Gasteiger charge is -2.29. The first-order chi connectivity index (χ1) is 18.6. The van der Waals surface area contributed by atoms with Gasteiger partial charge in [0.2, 0.25) is 29.5 Å². The first kappa shape index (κ1) is 34.7. The molecule has 40 heavy (non-hydrogen) atoms. The molecule has 15 nitrogen and oxygen atoms in total. The van der Waals surface area contributed by atoms with Crippen molar-refractivity contribution in [1.82, 2.24) is 26.2 Å². The molecule has 0 aliphatic carbocycles. The summed E-state index contributed by atoms with van der Waals surface area (Å²) in [4.78, 5) is 75.2. The normalized spacial score (nSPS) is 18.2. The van der Waals surface area contributed by atoms with Crippen LogP contribution < -0.4 is 21.3 Å². The van der Waals surface area contributed by atoms with Gasteiger partial charge in [0.05, 0.1) is 47.3 Å². The van der Waals surface area contributed by atoms with E-state index in [9.17, 15) is 33.9 Å². The predicted molar refractivity (Wildman–Crippen MR) is 142 cm³/mol. The highest BCUT2D eigenvalue weighted by molar-refractivity contribution is 5.95. The summed E-state index contributed by atoms with van der Waals surface area (Å²) in [6, 6.07) is -3.40. The van der Waals surface area contributed by atoms with Crippen LogP contribution in [0.1, 0.15) is 39.5 Å². The fourth-order valence-electron chi connectivity index (χ4n) is 4.26. The molecule has 7 N–H and O–H groups in total. The van der Waals surface area contributed by atoms with Crippen molar-refractivity contribution in [2.75, 3.05) is 53.9 Å². The summed E-state index contributed by atoms with van der Waals surface area (Å²) >= 11 is 0. The van der Waals surface area contributed by atoms with Crippen LogP contribution in [0.3, 0.4) is 0 Å². The number of carbonyl (C=O) groups is 6. The third kappa shape index (κ3) is 11.8. The number of carboxylic acid groups (broad SMARTS) is 1. The Morgan fingerprint density at radius 2 is 1.65 bits per heavy atom. The average molecular weight is 574 g/mol. The molecule has 0 bridgehead atoms. The van der Waals surface area contributed by atoms with Crippen molar-refractivity contribution in [1.29, 1.82) is 0 Å². The smallest absolute Gasteiger partial charge is 0.328 e. The minimum absolute atomic E-state index is 0.159. The second kappa shape index (κ2) is 16.1. The van der Waals surface area contributed by atoms with E-state index < -0.39 is 72.9 Å². The summed E-state index contributed by atoms with van der Waals surface area (Å²) in [5.74, 6) is -4.76. The molecule has 0 spiro atoms. The number of nitrogens with one attached hydrogen (secondary N) is 4. The van der Waals surface area contributed by atoms with Crippen LogP contribution in [0.5, 0.6) is 0 Å². The number of nitrogens with zero attached hydrogens (tertiary/aromatic N) is 2. The molecule has 1 heterocycles. The number of hydrogen-bond acceptors (Lipinski definition) is 8. The van der Waals surface area contributed by atoms with Crippen LogP contribution in [0.2, 0.25) is 0 Å². The summed E-state index contributed by atoms with van der Waals surface area (Å²) in [6.45, 7) is 2.48. The van der Waals surface area contributed by atoms with Gasteiger partial charge in [-0.1, -0.05) is 20.3 Å². The molecule has 1 unspecified atom stereocenters. The van der Waals surface area contributed by atoms with Gasteiger partial charge in [0.15, 0.2) is 0 Å². The van der Waals surface area contributed by atoms with Crippen LogP contribution in [-0.4, -0.2) is 138 Å². The minimum atomic E-state index is -1.52. The summed E-state index contributed by atoms with van der Waals surface area (Å²) in [6.07, 6.45) is 0.394. The number of aliphatic hydroxyl groups excluding tert-OH is 2. The molecule has 228 valence electrons. The lowest BCUT2D eigenvalue weighted by molar-refractivity contribution is -0.873. The van der Waals surface area contributed by atoms with Crippen LogP contribution in [0, 0.1) is 5.92 Å². The quantitative estimate of drug-likeness (QED) is 0.0923. The van der Waals surface area contributed by atoms with E-state index in [-0.39, 0.29) is 18.9 Å². The van der Waals surface area contributed by atoms with Gasteiger partial charge in [-0.15, -0.1) is 0 Å². The number of aliphatic hydroxyl groups is 2. The topological polar surface area (TPSA) is 214 Å². The number of likely N-dealkylation sites (tertiary alicyclic amines) is 1. The Morgan fingerprint density at radius 1 is 1.00 bits per heavy atom. The number of hydrogen-bond donors (Lipinski definition) is 7. The molecule has 5 amide bonds. The molecule has 1 fully saturated rings. The number of aliphatic carboxylic acids is 1. The maximum Gasteiger partial charge on any atom is 0.328 e. The highest BCUT2D eigenvalue weighted by atomic mass is 16.4. The highest BCUT2D eigenvalue weighted by Gasteiger charge is 2.37. The highest BCUT2D eigenvalue weighted by Crippen LogP contribution is 2.19. The van der Waals surface area contributed by atoms with Gasteiger partial charge in [-0.3, -0.25) is 24.0 Å². The molecular formula is C25H45N6O9+. The molecule has 1 saturated heterocycles. The molecular weight excluding hydrogens is 528 g/mol. The van der Waals surface area contributed by atoms with E-state index in [1.807, 2.05) is 28.1 Å². The average Bonchev–Trinajstić information content (AvgIpc) is 3.36. The molecule has 0 saturated carbocycles. The van der Waals surface area contributed by atoms with Crippen molar-refractivity contribution in [3.8, 4) is 0 Å². The number of amides is 5. The maximum atomic E-state index is 13.1. The van der Waals surface area contributed by atoms with Crippen LogP contribution in [0.4, 0.5) is 0 Å². The minimum Gasteiger partial charge on any atom is -0.480 e. The number of carboxylic acids is 1. The Kier molecular flexibility index (Phi) is 14.0. The van der Waals surface area contributed by atoms with Gasteiger partial charge in [-0.2, -0.15) is 0 Å². The van der Waals surface area contributed by atoms with E-state index in [0.29, 0.717) is 36.8 Å². The monoisotopic (exact) mass is 573 g/mol. The SMILES string of the molecule is CC[C@H](C)[C@H](NC(=O)[C@@H]1CCCN1C(=O)CNC(=O)CC(O)C[N+](C)(C)C)C(=O)NCC(=O)N[C@@H](CO)C(=O)O. The second-order valence-corrected chi connectivity index (χ2v) is 11.1. The summed E-state index contributed by atoms with van der Waals surface area (Å²) in [5, 5.41) is 37.6. The first-order valence-electron chi connectivity index (χ1n) is 13.3. The Morgan fingerprint density at radius 3 is 2.20 bits per heavy atom. The van der Waals surface area contributed by atoms with Crippen LogP contribution in [0.15, 0.2) is 0 Å². The fraction of sp³-hybridized carbons (Fsp3) is 0.760. The first-order valence-corrected chi connectivity index (χ1v) is 13.3. The van der Waals surface area contributed by atoms with Crippen molar-refractivity contribution in [2.24, 2.45) is 5.92 Å². The summed E-state index contributed by atoms with van der Waals surface area (Å²) < 4.78 is 0.468. The van der Waals surface area contributed by atoms with Gasteiger partial charge in [0.1, 0.15) is 30.8 Å². The van der Waals surface area contributed by atoms with Crippen molar-refractivity contribution in [3.63, 3.8) is 0 Å². The number of likely N-dealkylation sites (N-methyl/N-ethyl adjacent to an activating group) is 1. The van der Waals surface area contributed by atoms with Crippen molar-refractivity contribution in [3.05, 3.63) is 0 Å². The van der Waals surface area contributed by atoms with Gasteiger partial charge in [-0.25, -0.2) is 4.79 Å². The summed E-state index contributed by atoms with van der Waals surface area (Å²) in [7, 11) is 5.64. The zero-order chi connectivity index (χ0) is 30.6. The lowest BCUT2D eigenvalue weighted by Crippen LogP contribution is -2.57. The number of rotatable bonds is 16. The predicted octanol–water partition coefficient (Wildman–Crippen LogP) is -3.24. The third-order valence-corrected chi connectivity index (χ3v) is 6.52. The molecule has 0 aromatic rings. The van der Waals surface area contributed by atoms with Crippen LogP contribution in [0.25, 0.3) is 0 Å². The summed E-state index contributed by atoms with van der Waals surface area (Å²) in [5.41, 5.74) is 0. The Labute approximate surface area is 234 Å². The van der Waals surface area contributed by atoms with Gasteiger partial charge in [0, 0.05) is 6.54 Å². The fourth-order valence-corrected chi connectivity index (χ4v) is 4.26. The zero-order valence-corrected chi connectivity index (χ0v) is 23.9. The number of quaternary nitrogens is 1. The van der Waals surface area contributed by atoms with E-state index in [1.54, 1.807) is 6.92 Å². The van der Waals surface area contributed by atoms with Gasteiger partial charge in [-0.05, 0) is 18.8 Å². The maximum absolute atomic E-state index is 13.1. The Hall–Kier alpha value is -3.30. The zero-order valence-electron chi connectivity index (χ0n) is 23.9. The van der Waals surface area contributed by atoms with Crippen LogP contribution >= 0.6 is 0 Å². The lowest BCUT2D eigenvalue weighted by atomic mass is 9.97. The molecule has 0 aromatic carbocycles. The number of carbonyl (C=O) groups excluding carboxylic acids is 5. The van der Waals surface area contributed by atoms with E-state index in [0.717, 1.165) is 0 Å². The van der Waals surface area contributed by atoms with Crippen molar-refractivity contribution >= 4 is 35.5 Å². The largest absolute Gasteiger partial charge is 0.480 e. The van der Waals surface area contributed by atoms with E-state index in [4.69, 9.17) is 10.2 Å². The Bertz CT molecular complexity index is 923. The van der Waals surface area contributed by atoms with Gasteiger partial charge >= 0.3 is 5.97 Å². The van der Waals surface area contributed by atoms with E-state index in [1.165, 1.54) is 4.90 Å². The Balaban J connectivity index is 2.72. The molecule has 1 aliphatic rings. The second-order valence-electron chi connectivity index (χ2n) is 11.1. The molecule has 0 aromatic heterocycles. The standard InChI is InChI=1S/C25H44N6O9/c1-6-15(2)22(24(38)27-11-20(35)28-17(14-32)25(39)40)29-23(37)18-8-7-9-30(18)21(36)12-26-19(34)10-16(33)13-31(3,4)5/h15-18,22,32-33H,6-14H2,1-5H3,(H4-,26,27,28,29,34,35,37,38,39,40)/p+1/t15-,16?,17-,18-,22-/m0/s1.